The first-order chi connectivity index (χ1) is 8.65. The summed E-state index contributed by atoms with van der Waals surface area (Å²) in [4.78, 5) is 43.7. The summed E-state index contributed by atoms with van der Waals surface area (Å²) in [5.41, 5.74) is -1.74. The van der Waals surface area contributed by atoms with Crippen LogP contribution in [0.15, 0.2) is 0 Å². The van der Waals surface area contributed by atoms with E-state index in [1.54, 1.807) is 0 Å². The number of carbonyl (C=O) groups is 4. The molecular weight excluding hydrogens is 322 g/mol. The maximum absolute atomic E-state index is 11.2. The number of hydrogen-bond donors (Lipinski definition) is 4. The van der Waals surface area contributed by atoms with Crippen molar-refractivity contribution in [2.75, 3.05) is 19.6 Å². The number of carboxylic acids is 4. The van der Waals surface area contributed by atoms with Gasteiger partial charge in [-0.05, 0) is 0 Å². The fraction of sp³-hybridized carbons (Fsp3) is 0.600. The molecule has 12 heteroatoms. The third kappa shape index (κ3) is 5.78. The molecule has 22 heavy (non-hydrogen) atoms. The number of quaternary nitrogens is 1. The standard InChI is InChI=1S/C10H13NO8.H3N.2Na.2H/c12-6(13)3-11(4-7(14)15,5-8(16)17)10(1-2-10)9(18)19;;;;;/h1-5H2,(H3-,12,13,14,15,16,17,18,19);1H3;;;;. The molecule has 10 nitrogen and oxygen atoms in total. The maximum atomic E-state index is 11.2. The molecular formula is C10H18N2Na2O8. The average Bonchev–Trinajstić information content (AvgIpc) is 2.93. The van der Waals surface area contributed by atoms with Gasteiger partial charge in [0.05, 0.1) is 0 Å². The molecule has 0 aromatic heterocycles. The summed E-state index contributed by atoms with van der Waals surface area (Å²) < 4.78 is -1.07. The van der Waals surface area contributed by atoms with E-state index in [0.29, 0.717) is 0 Å². The van der Waals surface area contributed by atoms with E-state index >= 15 is 0 Å². The van der Waals surface area contributed by atoms with Crippen LogP contribution >= 0.6 is 0 Å². The van der Waals surface area contributed by atoms with Crippen LogP contribution in [-0.4, -0.2) is 128 Å². The topological polar surface area (TPSA) is 187 Å². The van der Waals surface area contributed by atoms with Crippen LogP contribution in [0.2, 0.25) is 0 Å². The van der Waals surface area contributed by atoms with Crippen molar-refractivity contribution in [3.05, 3.63) is 0 Å². The molecule has 0 radical (unpaired) electrons. The normalized spacial score (nSPS) is 14.4. The summed E-state index contributed by atoms with van der Waals surface area (Å²) in [5.74, 6) is -6.00. The Balaban J connectivity index is -0.00000120. The molecule has 1 saturated carbocycles. The fourth-order valence-corrected chi connectivity index (χ4v) is 2.39. The van der Waals surface area contributed by atoms with Gasteiger partial charge in [0, 0.05) is 12.8 Å². The molecule has 0 saturated heterocycles. The van der Waals surface area contributed by atoms with Crippen molar-refractivity contribution in [2.24, 2.45) is 0 Å². The summed E-state index contributed by atoms with van der Waals surface area (Å²) >= 11 is 0. The van der Waals surface area contributed by atoms with E-state index in [4.69, 9.17) is 15.3 Å². The van der Waals surface area contributed by atoms with Crippen LogP contribution in [0.3, 0.4) is 0 Å². The molecule has 6 N–H and O–H groups in total. The first kappa shape index (κ1) is 26.7. The van der Waals surface area contributed by atoms with Crippen LogP contribution in [0.5, 0.6) is 0 Å². The van der Waals surface area contributed by atoms with E-state index in [-0.39, 0.29) is 78.1 Å². The van der Waals surface area contributed by atoms with Crippen LogP contribution < -0.4 is 11.3 Å². The number of nitrogens with zero attached hydrogens (tertiary/aromatic N) is 1. The first-order valence-electron chi connectivity index (χ1n) is 5.38. The monoisotopic (exact) mass is 340 g/mol. The zero-order valence-electron chi connectivity index (χ0n) is 10.6. The molecule has 1 aliphatic carbocycles. The predicted octanol–water partition coefficient (Wildman–Crippen LogP) is -3.80. The molecule has 0 atom stereocenters. The van der Waals surface area contributed by atoms with Gasteiger partial charge in [-0.3, -0.25) is 4.48 Å². The van der Waals surface area contributed by atoms with Crippen LogP contribution in [0, 0.1) is 0 Å². The molecule has 1 fully saturated rings. The number of carbonyl (C=O) groups excluding carboxylic acids is 1. The zero-order valence-corrected chi connectivity index (χ0v) is 10.6. The van der Waals surface area contributed by atoms with Crippen molar-refractivity contribution in [3.63, 3.8) is 0 Å². The Labute approximate surface area is 170 Å². The summed E-state index contributed by atoms with van der Waals surface area (Å²) in [6.07, 6.45) is 0.00630. The molecule has 0 aromatic carbocycles. The summed E-state index contributed by atoms with van der Waals surface area (Å²) in [6, 6.07) is 0. The Hall–Kier alpha value is -0.200. The second kappa shape index (κ2) is 9.83. The minimum absolute atomic E-state index is 0. The van der Waals surface area contributed by atoms with Gasteiger partial charge < -0.3 is 31.4 Å². The Morgan fingerprint density at radius 1 is 0.864 bits per heavy atom. The minimum atomic E-state index is -1.74. The molecule has 1 rings (SSSR count). The van der Waals surface area contributed by atoms with Crippen molar-refractivity contribution >= 4 is 83.0 Å². The van der Waals surface area contributed by atoms with E-state index in [2.05, 4.69) is 0 Å². The van der Waals surface area contributed by atoms with Crippen molar-refractivity contribution in [3.8, 4) is 0 Å². The second-order valence-electron chi connectivity index (χ2n) is 4.62. The van der Waals surface area contributed by atoms with Crippen molar-refractivity contribution in [1.29, 1.82) is 0 Å². The Kier molecular flexibility index (Phi) is 11.9. The van der Waals surface area contributed by atoms with Crippen LogP contribution in [-0.2, 0) is 19.2 Å². The molecule has 0 spiro atoms. The summed E-state index contributed by atoms with van der Waals surface area (Å²) in [7, 11) is 0. The van der Waals surface area contributed by atoms with Gasteiger partial charge in [0.15, 0.2) is 19.6 Å². The number of carboxylic acid groups (broad SMARTS) is 4. The quantitative estimate of drug-likeness (QED) is 0.254. The van der Waals surface area contributed by atoms with Crippen LogP contribution in [0.4, 0.5) is 0 Å². The molecule has 0 bridgehead atoms. The van der Waals surface area contributed by atoms with Gasteiger partial charge >= 0.3 is 77.0 Å². The molecule has 0 unspecified atom stereocenters. The Bertz CT molecular complexity index is 411. The molecule has 0 aromatic rings. The Morgan fingerprint density at radius 3 is 1.27 bits per heavy atom. The predicted molar refractivity (Wildman–Crippen MR) is 74.1 cm³/mol. The van der Waals surface area contributed by atoms with Crippen LogP contribution in [0.1, 0.15) is 12.8 Å². The van der Waals surface area contributed by atoms with Gasteiger partial charge in [0.25, 0.3) is 0 Å². The van der Waals surface area contributed by atoms with Gasteiger partial charge in [-0.25, -0.2) is 14.4 Å². The molecule has 0 amide bonds. The van der Waals surface area contributed by atoms with Crippen molar-refractivity contribution < 1.29 is 44.1 Å². The molecule has 0 heterocycles. The van der Waals surface area contributed by atoms with E-state index in [9.17, 15) is 24.3 Å². The van der Waals surface area contributed by atoms with Crippen molar-refractivity contribution in [2.45, 2.75) is 18.4 Å². The third-order valence-corrected chi connectivity index (χ3v) is 3.33. The molecule has 118 valence electrons. The molecule has 0 aliphatic heterocycles. The fourth-order valence-electron chi connectivity index (χ4n) is 2.39. The SMILES string of the molecule is N.O=C(O)C[N+](CC(=O)O)(CC(=O)O)C1(C(=O)[O-])CC1.[NaH].[NaH]. The average molecular weight is 340 g/mol. The molecule has 1 aliphatic rings. The van der Waals surface area contributed by atoms with Gasteiger partial charge in [-0.15, -0.1) is 0 Å². The van der Waals surface area contributed by atoms with E-state index in [1.165, 1.54) is 0 Å². The van der Waals surface area contributed by atoms with Crippen LogP contribution in [0.25, 0.3) is 0 Å². The van der Waals surface area contributed by atoms with Crippen molar-refractivity contribution in [1.82, 2.24) is 6.15 Å². The van der Waals surface area contributed by atoms with Gasteiger partial charge in [0.1, 0.15) is 11.5 Å². The van der Waals surface area contributed by atoms with Gasteiger partial charge in [-0.2, -0.15) is 0 Å². The zero-order chi connectivity index (χ0) is 14.8. The summed E-state index contributed by atoms with van der Waals surface area (Å²) in [5, 5.41) is 37.7. The van der Waals surface area contributed by atoms with E-state index in [0.717, 1.165) is 0 Å². The Morgan fingerprint density at radius 2 is 1.14 bits per heavy atom. The van der Waals surface area contributed by atoms with Gasteiger partial charge in [-0.1, -0.05) is 0 Å². The summed E-state index contributed by atoms with van der Waals surface area (Å²) in [6.45, 7) is -2.69. The first-order valence-corrected chi connectivity index (χ1v) is 5.38. The number of rotatable bonds is 8. The number of hydrogen-bond acceptors (Lipinski definition) is 6. The van der Waals surface area contributed by atoms with Gasteiger partial charge in [0.2, 0.25) is 0 Å². The second-order valence-corrected chi connectivity index (χ2v) is 4.62. The van der Waals surface area contributed by atoms with E-state index in [1.807, 2.05) is 0 Å². The number of aliphatic carboxylic acids is 4. The third-order valence-electron chi connectivity index (χ3n) is 3.33. The van der Waals surface area contributed by atoms with E-state index < -0.39 is 53.5 Å².